The number of carbonyl (C=O) groups excluding carboxylic acids is 1. The van der Waals surface area contributed by atoms with Crippen molar-refractivity contribution in [1.29, 1.82) is 0 Å². The van der Waals surface area contributed by atoms with Gasteiger partial charge in [-0.1, -0.05) is 32.9 Å². The summed E-state index contributed by atoms with van der Waals surface area (Å²) in [6.45, 7) is 12.4. The van der Waals surface area contributed by atoms with Gasteiger partial charge in [0.1, 0.15) is 0 Å². The Balaban J connectivity index is 2.42. The van der Waals surface area contributed by atoms with Crippen molar-refractivity contribution < 1.29 is 14.0 Å². The Labute approximate surface area is 128 Å². The second-order valence-electron chi connectivity index (χ2n) is 6.49. The van der Waals surface area contributed by atoms with Gasteiger partial charge in [-0.05, 0) is 18.1 Å². The second-order valence-corrected chi connectivity index (χ2v) is 11.3. The molecule has 0 fully saturated rings. The van der Waals surface area contributed by atoms with Gasteiger partial charge in [0.2, 0.25) is 0 Å². The molecule has 1 aromatic heterocycles. The lowest BCUT2D eigenvalue weighted by atomic mass is 10.2. The number of aromatic nitrogens is 2. The van der Waals surface area contributed by atoms with Gasteiger partial charge in [-0.3, -0.25) is 4.68 Å². The van der Waals surface area contributed by atoms with E-state index in [2.05, 4.69) is 43.7 Å². The zero-order valence-electron chi connectivity index (χ0n) is 13.8. The molecule has 0 N–H and O–H groups in total. The van der Waals surface area contributed by atoms with E-state index in [0.29, 0.717) is 18.7 Å². The van der Waals surface area contributed by atoms with Crippen molar-refractivity contribution in [2.24, 2.45) is 0 Å². The van der Waals surface area contributed by atoms with Crippen LogP contribution in [0.4, 0.5) is 0 Å². The van der Waals surface area contributed by atoms with Gasteiger partial charge in [0.15, 0.2) is 8.32 Å². The number of rotatable bonds is 6. The molecule has 0 radical (unpaired) electrons. The van der Waals surface area contributed by atoms with Crippen LogP contribution in [0, 0.1) is 0 Å². The number of nitrogens with zero attached hydrogens (tertiary/aromatic N) is 2. The zero-order valence-corrected chi connectivity index (χ0v) is 14.8. The van der Waals surface area contributed by atoms with Crippen molar-refractivity contribution in [3.63, 3.8) is 0 Å². The molecule has 0 aliphatic heterocycles. The number of hydrogen-bond donors (Lipinski definition) is 0. The Morgan fingerprint density at radius 3 is 2.62 bits per heavy atom. The highest BCUT2D eigenvalue weighted by atomic mass is 28.4. The lowest BCUT2D eigenvalue weighted by Gasteiger charge is -2.35. The van der Waals surface area contributed by atoms with E-state index in [9.17, 15) is 4.79 Å². The summed E-state index contributed by atoms with van der Waals surface area (Å²) in [7, 11) is -0.326. The summed E-state index contributed by atoms with van der Waals surface area (Å²) >= 11 is 0. The van der Waals surface area contributed by atoms with Gasteiger partial charge in [0.05, 0.1) is 32.0 Å². The molecule has 0 spiro atoms. The van der Waals surface area contributed by atoms with Crippen LogP contribution >= 0.6 is 0 Å². The third-order valence-corrected chi connectivity index (χ3v) is 8.36. The Bertz CT molecular complexity index is 501. The fraction of sp³-hybridized carbons (Fsp3) is 0.600. The van der Waals surface area contributed by atoms with Crippen LogP contribution < -0.4 is 0 Å². The Kier molecular flexibility index (Phi) is 5.92. The van der Waals surface area contributed by atoms with Crippen LogP contribution in [0.15, 0.2) is 24.5 Å². The van der Waals surface area contributed by atoms with Gasteiger partial charge in [-0.2, -0.15) is 5.10 Å². The highest BCUT2D eigenvalue weighted by molar-refractivity contribution is 6.74. The van der Waals surface area contributed by atoms with Crippen molar-refractivity contribution in [3.8, 4) is 0 Å². The summed E-state index contributed by atoms with van der Waals surface area (Å²) in [6, 6.07) is 0. The fourth-order valence-corrected chi connectivity index (χ4v) is 2.36. The molecule has 5 nitrogen and oxygen atoms in total. The van der Waals surface area contributed by atoms with E-state index in [0.717, 1.165) is 0 Å². The van der Waals surface area contributed by atoms with Gasteiger partial charge in [0, 0.05) is 6.20 Å². The first kappa shape index (κ1) is 17.6. The molecular formula is C15H26N2O3Si. The summed E-state index contributed by atoms with van der Waals surface area (Å²) in [5.41, 5.74) is 0.462. The molecule has 0 aliphatic rings. The van der Waals surface area contributed by atoms with Crippen LogP contribution in [-0.4, -0.2) is 37.8 Å². The molecule has 1 aromatic rings. The largest absolute Gasteiger partial charge is 0.465 e. The number of esters is 1. The highest BCUT2D eigenvalue weighted by Gasteiger charge is 2.36. The van der Waals surface area contributed by atoms with Crippen molar-refractivity contribution in [2.75, 3.05) is 13.7 Å². The van der Waals surface area contributed by atoms with E-state index in [1.54, 1.807) is 10.9 Å². The zero-order chi connectivity index (χ0) is 16.1. The van der Waals surface area contributed by atoms with Crippen molar-refractivity contribution in [2.45, 2.75) is 45.4 Å². The molecule has 1 heterocycles. The first-order valence-corrected chi connectivity index (χ1v) is 9.98. The molecular weight excluding hydrogens is 284 g/mol. The maximum absolute atomic E-state index is 11.3. The lowest BCUT2D eigenvalue weighted by molar-refractivity contribution is 0.0600. The maximum atomic E-state index is 11.3. The third-order valence-electron chi connectivity index (χ3n) is 3.86. The second kappa shape index (κ2) is 7.04. The predicted molar refractivity (Wildman–Crippen MR) is 85.9 cm³/mol. The first-order valence-electron chi connectivity index (χ1n) is 7.07. The van der Waals surface area contributed by atoms with Crippen molar-refractivity contribution in [3.05, 3.63) is 30.1 Å². The van der Waals surface area contributed by atoms with Gasteiger partial charge in [-0.25, -0.2) is 4.79 Å². The van der Waals surface area contributed by atoms with E-state index in [1.165, 1.54) is 13.3 Å². The monoisotopic (exact) mass is 310 g/mol. The van der Waals surface area contributed by atoms with Crippen LogP contribution in [0.3, 0.4) is 0 Å². The van der Waals surface area contributed by atoms with Crippen molar-refractivity contribution in [1.82, 2.24) is 9.78 Å². The summed E-state index contributed by atoms with van der Waals surface area (Å²) < 4.78 is 12.4. The normalized spacial score (nSPS) is 12.9. The van der Waals surface area contributed by atoms with E-state index in [-0.39, 0.29) is 11.0 Å². The smallest absolute Gasteiger partial charge is 0.341 e. The minimum Gasteiger partial charge on any atom is -0.465 e. The summed E-state index contributed by atoms with van der Waals surface area (Å²) in [5.74, 6) is -0.369. The number of ether oxygens (including phenoxy) is 1. The number of methoxy groups -OCH3 is 1. The molecule has 0 bridgehead atoms. The quantitative estimate of drug-likeness (QED) is 0.460. The van der Waals surface area contributed by atoms with Gasteiger partial charge in [0.25, 0.3) is 0 Å². The SMILES string of the molecule is COC(=O)c1cnn(C/C=C\CO[Si](C)(C)C(C)(C)C)c1. The highest BCUT2D eigenvalue weighted by Crippen LogP contribution is 2.36. The molecule has 0 saturated heterocycles. The molecule has 0 unspecified atom stereocenters. The van der Waals surface area contributed by atoms with Crippen LogP contribution in [0.25, 0.3) is 0 Å². The molecule has 1 rings (SSSR count). The Hall–Kier alpha value is -1.40. The fourth-order valence-electron chi connectivity index (χ4n) is 1.41. The lowest BCUT2D eigenvalue weighted by Crippen LogP contribution is -2.40. The van der Waals surface area contributed by atoms with Gasteiger partial charge >= 0.3 is 5.97 Å². The molecule has 0 aromatic carbocycles. The maximum Gasteiger partial charge on any atom is 0.341 e. The van der Waals surface area contributed by atoms with E-state index in [1.807, 2.05) is 12.2 Å². The van der Waals surface area contributed by atoms with Crippen LogP contribution in [0.5, 0.6) is 0 Å². The topological polar surface area (TPSA) is 53.3 Å². The van der Waals surface area contributed by atoms with Gasteiger partial charge < -0.3 is 9.16 Å². The van der Waals surface area contributed by atoms with Crippen LogP contribution in [0.1, 0.15) is 31.1 Å². The van der Waals surface area contributed by atoms with Crippen LogP contribution in [0.2, 0.25) is 18.1 Å². The van der Waals surface area contributed by atoms with E-state index < -0.39 is 8.32 Å². The number of allylic oxidation sites excluding steroid dienone is 1. The van der Waals surface area contributed by atoms with Gasteiger partial charge in [-0.15, -0.1) is 0 Å². The standard InChI is InChI=1S/C15H26N2O3Si/c1-15(2,3)21(5,6)20-10-8-7-9-17-12-13(11-16-17)14(18)19-4/h7-8,11-12H,9-10H2,1-6H3/b8-7-. The van der Waals surface area contributed by atoms with E-state index in [4.69, 9.17) is 4.43 Å². The molecule has 0 amide bonds. The summed E-state index contributed by atoms with van der Waals surface area (Å²) in [4.78, 5) is 11.3. The summed E-state index contributed by atoms with van der Waals surface area (Å²) in [6.07, 6.45) is 7.16. The van der Waals surface area contributed by atoms with Crippen LogP contribution in [-0.2, 0) is 15.7 Å². The molecule has 0 aliphatic carbocycles. The number of carbonyl (C=O) groups is 1. The Morgan fingerprint density at radius 1 is 1.38 bits per heavy atom. The first-order chi connectivity index (χ1) is 9.67. The Morgan fingerprint density at radius 2 is 2.05 bits per heavy atom. The molecule has 118 valence electrons. The molecule has 21 heavy (non-hydrogen) atoms. The average molecular weight is 310 g/mol. The minimum absolute atomic E-state index is 0.220. The molecule has 0 saturated carbocycles. The molecule has 0 atom stereocenters. The van der Waals surface area contributed by atoms with Crippen molar-refractivity contribution >= 4 is 14.3 Å². The average Bonchev–Trinajstić information content (AvgIpc) is 2.84. The summed E-state index contributed by atoms with van der Waals surface area (Å²) in [5, 5.41) is 4.32. The van der Waals surface area contributed by atoms with E-state index >= 15 is 0 Å². The predicted octanol–water partition coefficient (Wildman–Crippen LogP) is 3.25. The minimum atomic E-state index is -1.68. The number of hydrogen-bond acceptors (Lipinski definition) is 4. The molecule has 6 heteroatoms. The third kappa shape index (κ3) is 5.13.